The van der Waals surface area contributed by atoms with Crippen molar-refractivity contribution in [3.8, 4) is 0 Å². The lowest BCUT2D eigenvalue weighted by Gasteiger charge is -2.33. The number of carbonyl (C=O) groups is 1. The number of thiazole rings is 1. The molecule has 1 aliphatic rings. The van der Waals surface area contributed by atoms with Crippen molar-refractivity contribution < 1.29 is 13.7 Å². The van der Waals surface area contributed by atoms with E-state index >= 15 is 0 Å². The number of hydrogen-bond acceptors (Lipinski definition) is 6. The molecule has 3 aromatic rings. The molecular formula is C16H15FN4O2S. The third-order valence-electron chi connectivity index (χ3n) is 4.03. The Labute approximate surface area is 141 Å². The normalized spacial score (nSPS) is 15.2. The first-order valence-electron chi connectivity index (χ1n) is 7.64. The lowest BCUT2D eigenvalue weighted by molar-refractivity contribution is 0.0704. The Bertz CT molecular complexity index is 899. The van der Waals surface area contributed by atoms with E-state index in [4.69, 9.17) is 4.52 Å². The molecule has 0 atom stereocenters. The number of para-hydroxylation sites is 1. The number of rotatable bonds is 2. The van der Waals surface area contributed by atoms with Gasteiger partial charge < -0.3 is 14.3 Å². The number of carbonyl (C=O) groups excluding carboxylic acids is 1. The first kappa shape index (κ1) is 15.1. The highest BCUT2D eigenvalue weighted by Gasteiger charge is 2.26. The average Bonchev–Trinajstić information content (AvgIpc) is 3.21. The molecule has 24 heavy (non-hydrogen) atoms. The van der Waals surface area contributed by atoms with Crippen LogP contribution in [0.4, 0.5) is 9.52 Å². The Morgan fingerprint density at radius 1 is 1.29 bits per heavy atom. The maximum absolute atomic E-state index is 13.8. The van der Waals surface area contributed by atoms with Crippen molar-refractivity contribution in [1.29, 1.82) is 0 Å². The van der Waals surface area contributed by atoms with E-state index < -0.39 is 0 Å². The van der Waals surface area contributed by atoms with Crippen molar-refractivity contribution >= 4 is 32.6 Å². The molecule has 0 aliphatic carbocycles. The lowest BCUT2D eigenvalue weighted by Crippen LogP contribution is -2.48. The summed E-state index contributed by atoms with van der Waals surface area (Å²) in [6.45, 7) is 4.22. The predicted molar refractivity (Wildman–Crippen MR) is 88.9 cm³/mol. The topological polar surface area (TPSA) is 62.5 Å². The molecule has 0 saturated carbocycles. The van der Waals surface area contributed by atoms with E-state index in [1.54, 1.807) is 24.0 Å². The van der Waals surface area contributed by atoms with Gasteiger partial charge in [0.25, 0.3) is 5.91 Å². The lowest BCUT2D eigenvalue weighted by atomic mass is 10.3. The molecule has 6 nitrogen and oxygen atoms in total. The highest BCUT2D eigenvalue weighted by atomic mass is 32.1. The quantitative estimate of drug-likeness (QED) is 0.714. The third kappa shape index (κ3) is 2.62. The molecule has 124 valence electrons. The number of nitrogens with zero attached hydrogens (tertiary/aromatic N) is 4. The maximum Gasteiger partial charge on any atom is 0.292 e. The van der Waals surface area contributed by atoms with Crippen molar-refractivity contribution in [2.75, 3.05) is 31.1 Å². The van der Waals surface area contributed by atoms with Crippen LogP contribution >= 0.6 is 11.3 Å². The van der Waals surface area contributed by atoms with Crippen LogP contribution in [0.15, 0.2) is 28.8 Å². The van der Waals surface area contributed by atoms with Crippen molar-refractivity contribution in [3.63, 3.8) is 0 Å². The van der Waals surface area contributed by atoms with Gasteiger partial charge in [-0.2, -0.15) is 0 Å². The molecule has 0 bridgehead atoms. The van der Waals surface area contributed by atoms with Gasteiger partial charge in [-0.25, -0.2) is 9.37 Å². The van der Waals surface area contributed by atoms with E-state index in [9.17, 15) is 9.18 Å². The summed E-state index contributed by atoms with van der Waals surface area (Å²) in [6.07, 6.45) is 0. The van der Waals surface area contributed by atoms with Crippen LogP contribution < -0.4 is 4.90 Å². The molecule has 3 heterocycles. The number of benzene rings is 1. The highest BCUT2D eigenvalue weighted by molar-refractivity contribution is 7.22. The molecule has 1 saturated heterocycles. The van der Waals surface area contributed by atoms with Gasteiger partial charge in [-0.3, -0.25) is 4.79 Å². The first-order valence-corrected chi connectivity index (χ1v) is 8.46. The molecule has 2 aromatic heterocycles. The van der Waals surface area contributed by atoms with Crippen molar-refractivity contribution in [1.82, 2.24) is 15.0 Å². The number of anilines is 1. The standard InChI is InChI=1S/C16H15FN4O2S/c1-10-9-12(23-19-10)15(22)20-5-7-21(8-6-20)16-18-14-11(17)3-2-4-13(14)24-16/h2-4,9H,5-8H2,1H3. The third-order valence-corrected chi connectivity index (χ3v) is 5.12. The van der Waals surface area contributed by atoms with Gasteiger partial charge in [0.2, 0.25) is 5.76 Å². The molecule has 4 rings (SSSR count). The molecule has 0 spiro atoms. The molecular weight excluding hydrogens is 331 g/mol. The van der Waals surface area contributed by atoms with Gasteiger partial charge in [-0.05, 0) is 19.1 Å². The molecule has 1 aromatic carbocycles. The fraction of sp³-hybridized carbons (Fsp3) is 0.312. The Morgan fingerprint density at radius 2 is 2.08 bits per heavy atom. The zero-order chi connectivity index (χ0) is 16.7. The molecule has 1 fully saturated rings. The molecule has 1 aliphatic heterocycles. The minimum absolute atomic E-state index is 0.148. The summed E-state index contributed by atoms with van der Waals surface area (Å²) in [5.74, 6) is -0.182. The number of aromatic nitrogens is 2. The van der Waals surface area contributed by atoms with Gasteiger partial charge >= 0.3 is 0 Å². The average molecular weight is 346 g/mol. The second-order valence-corrected chi connectivity index (χ2v) is 6.70. The van der Waals surface area contributed by atoms with Crippen LogP contribution in [0.1, 0.15) is 16.2 Å². The SMILES string of the molecule is Cc1cc(C(=O)N2CCN(c3nc4c(F)cccc4s3)CC2)on1. The predicted octanol–water partition coefficient (Wildman–Crippen LogP) is 2.69. The minimum atomic E-state index is -0.301. The van der Waals surface area contributed by atoms with Crippen LogP contribution in [0.2, 0.25) is 0 Å². The Hall–Kier alpha value is -2.48. The Kier molecular flexibility index (Phi) is 3.68. The number of fused-ring (bicyclic) bond motifs is 1. The van der Waals surface area contributed by atoms with Gasteiger partial charge in [0, 0.05) is 32.2 Å². The van der Waals surface area contributed by atoms with E-state index in [-0.39, 0.29) is 17.5 Å². The van der Waals surface area contributed by atoms with Crippen molar-refractivity contribution in [3.05, 3.63) is 41.5 Å². The minimum Gasteiger partial charge on any atom is -0.351 e. The number of amides is 1. The summed E-state index contributed by atoms with van der Waals surface area (Å²) in [5.41, 5.74) is 1.10. The highest BCUT2D eigenvalue weighted by Crippen LogP contribution is 2.30. The second kappa shape index (κ2) is 5.86. The van der Waals surface area contributed by atoms with E-state index in [2.05, 4.69) is 15.0 Å². The number of halogens is 1. The largest absolute Gasteiger partial charge is 0.351 e. The maximum atomic E-state index is 13.8. The van der Waals surface area contributed by atoms with Crippen LogP contribution in [-0.2, 0) is 0 Å². The monoisotopic (exact) mass is 346 g/mol. The van der Waals surface area contributed by atoms with E-state index in [0.29, 0.717) is 37.4 Å². The van der Waals surface area contributed by atoms with Gasteiger partial charge in [-0.1, -0.05) is 22.6 Å². The van der Waals surface area contributed by atoms with Gasteiger partial charge in [0.1, 0.15) is 11.3 Å². The molecule has 8 heteroatoms. The van der Waals surface area contributed by atoms with Gasteiger partial charge in [0.05, 0.1) is 10.4 Å². The van der Waals surface area contributed by atoms with E-state index in [1.165, 1.54) is 17.4 Å². The van der Waals surface area contributed by atoms with Crippen LogP contribution in [0.25, 0.3) is 10.2 Å². The smallest absolute Gasteiger partial charge is 0.292 e. The molecule has 0 unspecified atom stereocenters. The van der Waals surface area contributed by atoms with Crippen molar-refractivity contribution in [2.45, 2.75) is 6.92 Å². The summed E-state index contributed by atoms with van der Waals surface area (Å²) < 4.78 is 19.7. The van der Waals surface area contributed by atoms with Crippen LogP contribution in [0, 0.1) is 12.7 Å². The molecule has 0 N–H and O–H groups in total. The van der Waals surface area contributed by atoms with E-state index in [0.717, 1.165) is 9.83 Å². The summed E-state index contributed by atoms with van der Waals surface area (Å²) in [5, 5.41) is 4.54. The number of piperazine rings is 1. The molecule has 0 radical (unpaired) electrons. The van der Waals surface area contributed by atoms with Gasteiger partial charge in [0.15, 0.2) is 5.13 Å². The zero-order valence-electron chi connectivity index (χ0n) is 13.0. The zero-order valence-corrected chi connectivity index (χ0v) is 13.8. The number of aryl methyl sites for hydroxylation is 1. The fourth-order valence-electron chi connectivity index (χ4n) is 2.76. The van der Waals surface area contributed by atoms with Crippen molar-refractivity contribution in [2.24, 2.45) is 0 Å². The Morgan fingerprint density at radius 3 is 2.75 bits per heavy atom. The molecule has 1 amide bonds. The fourth-order valence-corrected chi connectivity index (χ4v) is 3.79. The van der Waals surface area contributed by atoms with Crippen LogP contribution in [-0.4, -0.2) is 47.1 Å². The van der Waals surface area contributed by atoms with Gasteiger partial charge in [-0.15, -0.1) is 0 Å². The summed E-state index contributed by atoms with van der Waals surface area (Å²) in [7, 11) is 0. The second-order valence-electron chi connectivity index (χ2n) is 5.69. The Balaban J connectivity index is 1.47. The van der Waals surface area contributed by atoms with Crippen LogP contribution in [0.5, 0.6) is 0 Å². The first-order chi connectivity index (χ1) is 11.6. The number of hydrogen-bond donors (Lipinski definition) is 0. The summed E-state index contributed by atoms with van der Waals surface area (Å²) in [4.78, 5) is 20.6. The summed E-state index contributed by atoms with van der Waals surface area (Å²) in [6, 6.07) is 6.62. The van der Waals surface area contributed by atoms with Crippen LogP contribution in [0.3, 0.4) is 0 Å². The van der Waals surface area contributed by atoms with E-state index in [1.807, 2.05) is 6.07 Å². The summed E-state index contributed by atoms with van der Waals surface area (Å²) >= 11 is 1.47.